The van der Waals surface area contributed by atoms with Crippen LogP contribution in [0.3, 0.4) is 0 Å². The molecule has 1 aromatic heterocycles. The molecule has 0 spiro atoms. The molecule has 0 aliphatic rings. The van der Waals surface area contributed by atoms with Crippen LogP contribution in [0.5, 0.6) is 0 Å². The second kappa shape index (κ2) is 4.03. The van der Waals surface area contributed by atoms with Gasteiger partial charge in [-0.25, -0.2) is 0 Å². The molecular weight excluding hydrogens is 166 g/mol. The van der Waals surface area contributed by atoms with Gasteiger partial charge in [0.25, 0.3) is 0 Å². The van der Waals surface area contributed by atoms with E-state index in [2.05, 4.69) is 4.98 Å². The fourth-order valence-corrected chi connectivity index (χ4v) is 1.17. The lowest BCUT2D eigenvalue weighted by Gasteiger charge is -2.03. The van der Waals surface area contributed by atoms with E-state index >= 15 is 0 Å². The maximum Gasteiger partial charge on any atom is 0.303 e. The Balaban J connectivity index is 2.71. The van der Waals surface area contributed by atoms with E-state index in [1.807, 2.05) is 26.0 Å². The predicted molar refractivity (Wildman–Crippen MR) is 49.2 cm³/mol. The van der Waals surface area contributed by atoms with Crippen molar-refractivity contribution in [2.24, 2.45) is 0 Å². The number of carbonyl (C=O) groups excluding carboxylic acids is 1. The van der Waals surface area contributed by atoms with E-state index in [-0.39, 0.29) is 12.6 Å². The third kappa shape index (κ3) is 3.23. The summed E-state index contributed by atoms with van der Waals surface area (Å²) in [4.78, 5) is 14.8. The zero-order chi connectivity index (χ0) is 9.84. The van der Waals surface area contributed by atoms with E-state index in [0.29, 0.717) is 0 Å². The zero-order valence-corrected chi connectivity index (χ0v) is 8.13. The highest BCUT2D eigenvalue weighted by molar-refractivity contribution is 5.65. The molecule has 0 bridgehead atoms. The van der Waals surface area contributed by atoms with Gasteiger partial charge in [-0.1, -0.05) is 0 Å². The second-order valence-electron chi connectivity index (χ2n) is 3.06. The molecule has 1 aromatic rings. The molecule has 70 valence electrons. The van der Waals surface area contributed by atoms with Gasteiger partial charge in [-0.05, 0) is 31.5 Å². The first kappa shape index (κ1) is 9.71. The number of rotatable bonds is 2. The average Bonchev–Trinajstić information content (AvgIpc) is 1.99. The Morgan fingerprint density at radius 3 is 2.69 bits per heavy atom. The molecule has 0 aromatic carbocycles. The molecule has 1 heterocycles. The number of carbonyl (C=O) groups is 1. The monoisotopic (exact) mass is 179 g/mol. The number of aryl methyl sites for hydroxylation is 2. The SMILES string of the molecule is CC(=O)OCc1cc(C)cc(C)n1. The summed E-state index contributed by atoms with van der Waals surface area (Å²) >= 11 is 0. The fraction of sp³-hybridized carbons (Fsp3) is 0.400. The van der Waals surface area contributed by atoms with Crippen molar-refractivity contribution in [2.45, 2.75) is 27.4 Å². The van der Waals surface area contributed by atoms with E-state index in [0.717, 1.165) is 17.0 Å². The van der Waals surface area contributed by atoms with Crippen molar-refractivity contribution in [1.29, 1.82) is 0 Å². The molecule has 0 N–H and O–H groups in total. The van der Waals surface area contributed by atoms with Crippen molar-refractivity contribution in [3.63, 3.8) is 0 Å². The summed E-state index contributed by atoms with van der Waals surface area (Å²) in [6, 6.07) is 3.90. The minimum absolute atomic E-state index is 0.262. The van der Waals surface area contributed by atoms with Crippen LogP contribution in [0.15, 0.2) is 12.1 Å². The highest BCUT2D eigenvalue weighted by Crippen LogP contribution is 2.05. The zero-order valence-electron chi connectivity index (χ0n) is 8.13. The highest BCUT2D eigenvalue weighted by Gasteiger charge is 1.99. The number of nitrogens with zero attached hydrogens (tertiary/aromatic N) is 1. The lowest BCUT2D eigenvalue weighted by Crippen LogP contribution is -2.01. The summed E-state index contributed by atoms with van der Waals surface area (Å²) in [5, 5.41) is 0. The Hall–Kier alpha value is -1.38. The Labute approximate surface area is 77.8 Å². The van der Waals surface area contributed by atoms with E-state index < -0.39 is 0 Å². The minimum Gasteiger partial charge on any atom is -0.459 e. The van der Waals surface area contributed by atoms with Gasteiger partial charge >= 0.3 is 5.97 Å². The van der Waals surface area contributed by atoms with Crippen molar-refractivity contribution in [3.8, 4) is 0 Å². The van der Waals surface area contributed by atoms with Crippen LogP contribution in [0.25, 0.3) is 0 Å². The first-order valence-electron chi connectivity index (χ1n) is 4.15. The van der Waals surface area contributed by atoms with Gasteiger partial charge in [-0.15, -0.1) is 0 Å². The van der Waals surface area contributed by atoms with Gasteiger partial charge < -0.3 is 4.74 Å². The van der Waals surface area contributed by atoms with Gasteiger partial charge in [0.1, 0.15) is 6.61 Å². The molecule has 0 radical (unpaired) electrons. The summed E-state index contributed by atoms with van der Waals surface area (Å²) in [5.41, 5.74) is 2.88. The van der Waals surface area contributed by atoms with Gasteiger partial charge in [-0.3, -0.25) is 9.78 Å². The summed E-state index contributed by atoms with van der Waals surface area (Å²) in [5.74, 6) is -0.277. The smallest absolute Gasteiger partial charge is 0.303 e. The lowest BCUT2D eigenvalue weighted by molar-refractivity contribution is -0.142. The number of esters is 1. The predicted octanol–water partition coefficient (Wildman–Crippen LogP) is 1.76. The van der Waals surface area contributed by atoms with Crippen LogP contribution in [0, 0.1) is 13.8 Å². The number of pyridine rings is 1. The van der Waals surface area contributed by atoms with Crippen molar-refractivity contribution in [1.82, 2.24) is 4.98 Å². The highest BCUT2D eigenvalue weighted by atomic mass is 16.5. The van der Waals surface area contributed by atoms with Gasteiger partial charge in [0, 0.05) is 12.6 Å². The lowest BCUT2D eigenvalue weighted by atomic mass is 10.2. The molecule has 1 rings (SSSR count). The number of hydrogen-bond donors (Lipinski definition) is 0. The average molecular weight is 179 g/mol. The number of hydrogen-bond acceptors (Lipinski definition) is 3. The van der Waals surface area contributed by atoms with Crippen molar-refractivity contribution in [3.05, 3.63) is 29.1 Å². The van der Waals surface area contributed by atoms with Gasteiger partial charge in [0.05, 0.1) is 5.69 Å². The quantitative estimate of drug-likeness (QED) is 0.649. The molecule has 0 saturated carbocycles. The molecule has 0 aliphatic carbocycles. The Morgan fingerprint density at radius 2 is 2.15 bits per heavy atom. The summed E-state index contributed by atoms with van der Waals surface area (Å²) in [6.07, 6.45) is 0. The molecule has 0 fully saturated rings. The van der Waals surface area contributed by atoms with Gasteiger partial charge in [0.2, 0.25) is 0 Å². The topological polar surface area (TPSA) is 39.2 Å². The molecular formula is C10H13NO2. The van der Waals surface area contributed by atoms with Gasteiger partial charge in [-0.2, -0.15) is 0 Å². The first-order valence-corrected chi connectivity index (χ1v) is 4.15. The first-order chi connectivity index (χ1) is 6.08. The summed E-state index contributed by atoms with van der Waals surface area (Å²) in [6.45, 7) is 5.57. The third-order valence-electron chi connectivity index (χ3n) is 1.57. The fourth-order valence-electron chi connectivity index (χ4n) is 1.17. The normalized spacial score (nSPS) is 9.77. The Kier molecular flexibility index (Phi) is 3.01. The van der Waals surface area contributed by atoms with Crippen molar-refractivity contribution >= 4 is 5.97 Å². The maximum atomic E-state index is 10.5. The standard InChI is InChI=1S/C10H13NO2/c1-7-4-8(2)11-10(5-7)6-13-9(3)12/h4-5H,6H2,1-3H3. The Morgan fingerprint density at radius 1 is 1.46 bits per heavy atom. The number of aromatic nitrogens is 1. The van der Waals surface area contributed by atoms with E-state index in [1.165, 1.54) is 6.92 Å². The molecule has 3 nitrogen and oxygen atoms in total. The van der Waals surface area contributed by atoms with E-state index in [9.17, 15) is 4.79 Å². The molecule has 0 saturated heterocycles. The summed E-state index contributed by atoms with van der Waals surface area (Å²) in [7, 11) is 0. The van der Waals surface area contributed by atoms with Crippen molar-refractivity contribution in [2.75, 3.05) is 0 Å². The minimum atomic E-state index is -0.277. The molecule has 0 aliphatic heterocycles. The largest absolute Gasteiger partial charge is 0.459 e. The second-order valence-corrected chi connectivity index (χ2v) is 3.06. The maximum absolute atomic E-state index is 10.5. The molecule has 0 unspecified atom stereocenters. The van der Waals surface area contributed by atoms with Crippen LogP contribution in [0.4, 0.5) is 0 Å². The van der Waals surface area contributed by atoms with Crippen LogP contribution in [0.1, 0.15) is 23.9 Å². The molecule has 13 heavy (non-hydrogen) atoms. The number of ether oxygens (including phenoxy) is 1. The van der Waals surface area contributed by atoms with Crippen LogP contribution in [0.2, 0.25) is 0 Å². The van der Waals surface area contributed by atoms with Crippen LogP contribution >= 0.6 is 0 Å². The third-order valence-corrected chi connectivity index (χ3v) is 1.57. The van der Waals surface area contributed by atoms with Gasteiger partial charge in [0.15, 0.2) is 0 Å². The van der Waals surface area contributed by atoms with Crippen LogP contribution in [-0.2, 0) is 16.1 Å². The molecule has 3 heteroatoms. The van der Waals surface area contributed by atoms with E-state index in [4.69, 9.17) is 4.74 Å². The Bertz CT molecular complexity index is 300. The molecule has 0 atom stereocenters. The van der Waals surface area contributed by atoms with Crippen molar-refractivity contribution < 1.29 is 9.53 Å². The molecule has 0 amide bonds. The van der Waals surface area contributed by atoms with Crippen LogP contribution in [-0.4, -0.2) is 11.0 Å². The van der Waals surface area contributed by atoms with Crippen LogP contribution < -0.4 is 0 Å². The summed E-state index contributed by atoms with van der Waals surface area (Å²) < 4.78 is 4.84. The van der Waals surface area contributed by atoms with E-state index in [1.54, 1.807) is 0 Å².